The summed E-state index contributed by atoms with van der Waals surface area (Å²) in [6.07, 6.45) is 0. The van der Waals surface area contributed by atoms with Gasteiger partial charge in [0.25, 0.3) is 5.56 Å². The minimum Gasteiger partial charge on any atom is -0.548 e. The third kappa shape index (κ3) is 2.66. The molecular formula is C13H13N2O5S-. The van der Waals surface area contributed by atoms with E-state index < -0.39 is 24.0 Å². The molecule has 0 atom stereocenters. The van der Waals surface area contributed by atoms with Crippen LogP contribution in [0.15, 0.2) is 4.79 Å². The number of aromatic nitrogens is 2. The van der Waals surface area contributed by atoms with E-state index >= 15 is 0 Å². The fourth-order valence-corrected chi connectivity index (χ4v) is 3.02. The molecule has 0 aliphatic heterocycles. The molecule has 7 nitrogen and oxygen atoms in total. The summed E-state index contributed by atoms with van der Waals surface area (Å²) in [4.78, 5) is 40.0. The Labute approximate surface area is 123 Å². The second-order valence-corrected chi connectivity index (χ2v) is 5.58. The number of hydrogen-bond acceptors (Lipinski definition) is 7. The molecule has 112 valence electrons. The zero-order chi connectivity index (χ0) is 15.7. The molecule has 0 N–H and O–H groups in total. The highest BCUT2D eigenvalue weighted by molar-refractivity contribution is 7.15. The Morgan fingerprint density at radius 1 is 1.38 bits per heavy atom. The lowest BCUT2D eigenvalue weighted by molar-refractivity contribution is -0.306. The maximum atomic E-state index is 12.4. The van der Waals surface area contributed by atoms with Gasteiger partial charge in [0.1, 0.15) is 16.2 Å². The van der Waals surface area contributed by atoms with Crippen LogP contribution in [0.3, 0.4) is 0 Å². The topological polar surface area (TPSA) is 101 Å². The van der Waals surface area contributed by atoms with Crippen LogP contribution in [0.1, 0.15) is 27.3 Å². The van der Waals surface area contributed by atoms with Crippen LogP contribution in [-0.4, -0.2) is 28.1 Å². The van der Waals surface area contributed by atoms with E-state index in [2.05, 4.69) is 4.98 Å². The molecule has 0 unspecified atom stereocenters. The molecule has 2 heterocycles. The molecule has 2 aromatic heterocycles. The number of fused-ring (bicyclic) bond motifs is 1. The summed E-state index contributed by atoms with van der Waals surface area (Å²) in [5, 5.41) is 11.0. The Morgan fingerprint density at radius 2 is 2.05 bits per heavy atom. The van der Waals surface area contributed by atoms with Crippen molar-refractivity contribution in [3.63, 3.8) is 0 Å². The molecule has 0 saturated heterocycles. The average Bonchev–Trinajstić information content (AvgIpc) is 2.71. The van der Waals surface area contributed by atoms with Gasteiger partial charge in [-0.3, -0.25) is 9.36 Å². The summed E-state index contributed by atoms with van der Waals surface area (Å²) in [5.41, 5.74) is -0.237. The summed E-state index contributed by atoms with van der Waals surface area (Å²) in [6, 6.07) is 0. The van der Waals surface area contributed by atoms with E-state index in [9.17, 15) is 19.5 Å². The molecule has 0 amide bonds. The van der Waals surface area contributed by atoms with E-state index in [4.69, 9.17) is 4.74 Å². The zero-order valence-electron chi connectivity index (χ0n) is 11.8. The van der Waals surface area contributed by atoms with Crippen molar-refractivity contribution in [1.29, 1.82) is 0 Å². The summed E-state index contributed by atoms with van der Waals surface area (Å²) >= 11 is 1.11. The van der Waals surface area contributed by atoms with Gasteiger partial charge in [0.05, 0.1) is 24.5 Å². The molecule has 0 aromatic carbocycles. The highest BCUT2D eigenvalue weighted by Crippen LogP contribution is 2.27. The van der Waals surface area contributed by atoms with Crippen LogP contribution in [0.2, 0.25) is 0 Å². The van der Waals surface area contributed by atoms with E-state index in [0.717, 1.165) is 15.9 Å². The maximum Gasteiger partial charge on any atom is 0.350 e. The smallest absolute Gasteiger partial charge is 0.350 e. The minimum atomic E-state index is -1.38. The predicted octanol–water partition coefficient (Wildman–Crippen LogP) is 0.00144. The van der Waals surface area contributed by atoms with Crippen molar-refractivity contribution in [3.05, 3.63) is 25.9 Å². The van der Waals surface area contributed by atoms with E-state index in [-0.39, 0.29) is 28.2 Å². The molecule has 0 bridgehead atoms. The quantitative estimate of drug-likeness (QED) is 0.737. The van der Waals surface area contributed by atoms with Gasteiger partial charge in [-0.25, -0.2) is 9.78 Å². The van der Waals surface area contributed by atoms with Crippen LogP contribution in [0.25, 0.3) is 10.9 Å². The number of carbonyl (C=O) groups excluding carboxylic acids is 2. The standard InChI is InChI=1S/C13H14N2O5S/c1-4-20-13(19)11-10-9(6(2)21-11)12(18)15(5-8(16)17)7(3)14-10/h4-5H2,1-3H3,(H,16,17)/p-1. The molecule has 0 radical (unpaired) electrons. The SMILES string of the molecule is CCOC(=O)c1sc(C)c2c(=O)n(CC(=O)[O-])c(C)nc12. The first-order chi connectivity index (χ1) is 9.86. The van der Waals surface area contributed by atoms with E-state index in [1.807, 2.05) is 0 Å². The average molecular weight is 309 g/mol. The predicted molar refractivity (Wildman–Crippen MR) is 74.3 cm³/mol. The van der Waals surface area contributed by atoms with Crippen LogP contribution in [0.5, 0.6) is 0 Å². The lowest BCUT2D eigenvalue weighted by Crippen LogP contribution is -2.34. The van der Waals surface area contributed by atoms with Gasteiger partial charge in [-0.15, -0.1) is 11.3 Å². The number of aryl methyl sites for hydroxylation is 2. The fraction of sp³-hybridized carbons (Fsp3) is 0.385. The maximum absolute atomic E-state index is 12.4. The number of nitrogens with zero attached hydrogens (tertiary/aromatic N) is 2. The minimum absolute atomic E-state index is 0.208. The molecular weight excluding hydrogens is 296 g/mol. The van der Waals surface area contributed by atoms with Gasteiger partial charge in [-0.05, 0) is 20.8 Å². The van der Waals surface area contributed by atoms with E-state index in [0.29, 0.717) is 4.88 Å². The van der Waals surface area contributed by atoms with Crippen LogP contribution in [0.4, 0.5) is 0 Å². The van der Waals surface area contributed by atoms with Gasteiger partial charge in [-0.1, -0.05) is 0 Å². The molecule has 0 aliphatic carbocycles. The Kier molecular flexibility index (Phi) is 4.08. The molecule has 0 aliphatic rings. The van der Waals surface area contributed by atoms with Crippen molar-refractivity contribution in [2.75, 3.05) is 6.61 Å². The van der Waals surface area contributed by atoms with Gasteiger partial charge in [0, 0.05) is 4.88 Å². The number of carboxylic acids is 1. The second kappa shape index (κ2) is 5.65. The monoisotopic (exact) mass is 309 g/mol. The molecule has 21 heavy (non-hydrogen) atoms. The number of hydrogen-bond donors (Lipinski definition) is 0. The number of ether oxygens (including phenoxy) is 1. The van der Waals surface area contributed by atoms with Crippen molar-refractivity contribution in [2.24, 2.45) is 0 Å². The number of carbonyl (C=O) groups is 2. The number of rotatable bonds is 4. The first kappa shape index (κ1) is 15.2. The van der Waals surface area contributed by atoms with Crippen molar-refractivity contribution < 1.29 is 19.4 Å². The third-order valence-corrected chi connectivity index (χ3v) is 4.00. The zero-order valence-corrected chi connectivity index (χ0v) is 12.6. The van der Waals surface area contributed by atoms with E-state index in [1.54, 1.807) is 13.8 Å². The first-order valence-corrected chi connectivity index (χ1v) is 7.06. The Bertz CT molecular complexity index is 790. The van der Waals surface area contributed by atoms with Gasteiger partial charge in [0.15, 0.2) is 0 Å². The number of thiophene rings is 1. The van der Waals surface area contributed by atoms with Crippen LogP contribution in [0, 0.1) is 13.8 Å². The largest absolute Gasteiger partial charge is 0.548 e. The third-order valence-electron chi connectivity index (χ3n) is 2.93. The van der Waals surface area contributed by atoms with Crippen molar-refractivity contribution in [1.82, 2.24) is 9.55 Å². The first-order valence-electron chi connectivity index (χ1n) is 6.24. The van der Waals surface area contributed by atoms with Crippen LogP contribution >= 0.6 is 11.3 Å². The van der Waals surface area contributed by atoms with Crippen LogP contribution < -0.4 is 10.7 Å². The number of esters is 1. The highest BCUT2D eigenvalue weighted by atomic mass is 32.1. The van der Waals surface area contributed by atoms with Crippen LogP contribution in [-0.2, 0) is 16.1 Å². The summed E-state index contributed by atoms with van der Waals surface area (Å²) in [5.74, 6) is -1.70. The lowest BCUT2D eigenvalue weighted by atomic mass is 10.2. The number of aliphatic carboxylic acids is 1. The molecule has 0 spiro atoms. The Morgan fingerprint density at radius 3 is 2.62 bits per heavy atom. The Balaban J connectivity index is 2.73. The van der Waals surface area contributed by atoms with Gasteiger partial charge in [0.2, 0.25) is 0 Å². The normalized spacial score (nSPS) is 10.8. The van der Waals surface area contributed by atoms with Gasteiger partial charge < -0.3 is 14.6 Å². The Hall–Kier alpha value is -2.22. The van der Waals surface area contributed by atoms with Crippen molar-refractivity contribution in [3.8, 4) is 0 Å². The number of carboxylic acid groups (broad SMARTS) is 1. The van der Waals surface area contributed by atoms with E-state index in [1.165, 1.54) is 6.92 Å². The lowest BCUT2D eigenvalue weighted by Gasteiger charge is -2.10. The van der Waals surface area contributed by atoms with Gasteiger partial charge in [-0.2, -0.15) is 0 Å². The molecule has 0 saturated carbocycles. The summed E-state index contributed by atoms with van der Waals surface area (Å²) in [7, 11) is 0. The molecule has 8 heteroatoms. The second-order valence-electron chi connectivity index (χ2n) is 4.35. The van der Waals surface area contributed by atoms with Crippen molar-refractivity contribution >= 4 is 34.2 Å². The van der Waals surface area contributed by atoms with Crippen molar-refractivity contribution in [2.45, 2.75) is 27.3 Å². The van der Waals surface area contributed by atoms with Gasteiger partial charge >= 0.3 is 5.97 Å². The highest BCUT2D eigenvalue weighted by Gasteiger charge is 2.22. The molecule has 0 fully saturated rings. The fourth-order valence-electron chi connectivity index (χ4n) is 2.05. The summed E-state index contributed by atoms with van der Waals surface area (Å²) in [6.45, 7) is 4.52. The molecule has 2 rings (SSSR count). The molecule has 2 aromatic rings. The summed E-state index contributed by atoms with van der Waals surface area (Å²) < 4.78 is 5.96.